The van der Waals surface area contributed by atoms with Gasteiger partial charge in [0.15, 0.2) is 5.78 Å². The van der Waals surface area contributed by atoms with E-state index < -0.39 is 0 Å². The molecule has 0 radical (unpaired) electrons. The second-order valence-electron chi connectivity index (χ2n) is 4.48. The fraction of sp³-hybridized carbons (Fsp3) is 0.188. The molecule has 0 aromatic heterocycles. The molecule has 0 atom stereocenters. The molecule has 0 N–H and O–H groups in total. The number of carbonyl (C=O) groups is 1. The highest BCUT2D eigenvalue weighted by Crippen LogP contribution is 2.22. The summed E-state index contributed by atoms with van der Waals surface area (Å²) in [4.78, 5) is 12.4. The number of methoxy groups -OCH3 is 1. The van der Waals surface area contributed by atoms with Crippen LogP contribution in [0.2, 0.25) is 5.02 Å². The van der Waals surface area contributed by atoms with E-state index in [4.69, 9.17) is 16.3 Å². The third-order valence-corrected chi connectivity index (χ3v) is 3.50. The van der Waals surface area contributed by atoms with Gasteiger partial charge >= 0.3 is 0 Å². The molecule has 0 aliphatic rings. The lowest BCUT2D eigenvalue weighted by atomic mass is 10.00. The van der Waals surface area contributed by atoms with Crippen LogP contribution in [0.1, 0.15) is 27.0 Å². The second kappa shape index (κ2) is 5.45. The predicted octanol–water partition coefficient (Wildman–Crippen LogP) is 4.20. The van der Waals surface area contributed by atoms with Gasteiger partial charge in [0, 0.05) is 16.1 Å². The molecule has 2 nitrogen and oxygen atoms in total. The maximum Gasteiger partial charge on any atom is 0.193 e. The van der Waals surface area contributed by atoms with Crippen molar-refractivity contribution in [2.75, 3.05) is 7.11 Å². The van der Waals surface area contributed by atoms with Gasteiger partial charge in [-0.05, 0) is 61.4 Å². The van der Waals surface area contributed by atoms with Crippen molar-refractivity contribution in [3.8, 4) is 5.75 Å². The summed E-state index contributed by atoms with van der Waals surface area (Å²) in [6.07, 6.45) is 0. The zero-order valence-corrected chi connectivity index (χ0v) is 11.9. The fourth-order valence-electron chi connectivity index (χ4n) is 1.97. The monoisotopic (exact) mass is 274 g/mol. The molecule has 0 amide bonds. The highest BCUT2D eigenvalue weighted by molar-refractivity contribution is 6.31. The number of ether oxygens (including phenoxy) is 1. The smallest absolute Gasteiger partial charge is 0.193 e. The number of rotatable bonds is 3. The minimum atomic E-state index is -0.00878. The summed E-state index contributed by atoms with van der Waals surface area (Å²) in [6, 6.07) is 10.7. The van der Waals surface area contributed by atoms with Gasteiger partial charge in [-0.25, -0.2) is 0 Å². The van der Waals surface area contributed by atoms with Crippen LogP contribution in [-0.2, 0) is 0 Å². The second-order valence-corrected chi connectivity index (χ2v) is 4.88. The first kappa shape index (κ1) is 13.6. The van der Waals surface area contributed by atoms with E-state index in [0.717, 1.165) is 16.9 Å². The summed E-state index contributed by atoms with van der Waals surface area (Å²) in [7, 11) is 1.62. The van der Waals surface area contributed by atoms with Gasteiger partial charge in [-0.15, -0.1) is 0 Å². The Morgan fingerprint density at radius 1 is 1.00 bits per heavy atom. The van der Waals surface area contributed by atoms with Gasteiger partial charge in [0.1, 0.15) is 5.75 Å². The van der Waals surface area contributed by atoms with Crippen LogP contribution in [0.4, 0.5) is 0 Å². The van der Waals surface area contributed by atoms with Crippen molar-refractivity contribution in [2.24, 2.45) is 0 Å². The van der Waals surface area contributed by atoms with Gasteiger partial charge in [-0.2, -0.15) is 0 Å². The molecule has 0 heterocycles. The summed E-state index contributed by atoms with van der Waals surface area (Å²) in [5.41, 5.74) is 3.14. The maximum absolute atomic E-state index is 12.4. The third-order valence-electron chi connectivity index (χ3n) is 3.08. The number of benzene rings is 2. The first-order valence-corrected chi connectivity index (χ1v) is 6.36. The first-order valence-electron chi connectivity index (χ1n) is 5.98. The van der Waals surface area contributed by atoms with E-state index in [9.17, 15) is 4.79 Å². The number of halogens is 1. The number of aryl methyl sites for hydroxylation is 2. The van der Waals surface area contributed by atoms with Gasteiger partial charge < -0.3 is 4.74 Å². The summed E-state index contributed by atoms with van der Waals surface area (Å²) in [5.74, 6) is 0.773. The normalized spacial score (nSPS) is 10.3. The van der Waals surface area contributed by atoms with E-state index >= 15 is 0 Å². The van der Waals surface area contributed by atoms with Crippen molar-refractivity contribution in [3.05, 3.63) is 63.7 Å². The van der Waals surface area contributed by atoms with Crippen LogP contribution in [0.25, 0.3) is 0 Å². The molecule has 2 aromatic rings. The summed E-state index contributed by atoms with van der Waals surface area (Å²) in [5, 5.41) is 0.669. The number of hydrogen-bond acceptors (Lipinski definition) is 2. The van der Waals surface area contributed by atoms with Gasteiger partial charge in [0.2, 0.25) is 0 Å². The van der Waals surface area contributed by atoms with Crippen molar-refractivity contribution in [1.82, 2.24) is 0 Å². The van der Waals surface area contributed by atoms with Crippen LogP contribution in [0, 0.1) is 13.8 Å². The molecule has 0 unspecified atom stereocenters. The van der Waals surface area contributed by atoms with Crippen LogP contribution < -0.4 is 4.74 Å². The van der Waals surface area contributed by atoms with Gasteiger partial charge in [-0.1, -0.05) is 11.6 Å². The van der Waals surface area contributed by atoms with Crippen LogP contribution in [-0.4, -0.2) is 12.9 Å². The zero-order chi connectivity index (χ0) is 14.0. The van der Waals surface area contributed by atoms with Gasteiger partial charge in [-0.3, -0.25) is 4.79 Å². The molecule has 0 saturated heterocycles. The highest BCUT2D eigenvalue weighted by atomic mass is 35.5. The fourth-order valence-corrected chi connectivity index (χ4v) is 2.09. The molecule has 0 fully saturated rings. The molecule has 0 spiro atoms. The van der Waals surface area contributed by atoms with E-state index in [0.29, 0.717) is 16.1 Å². The van der Waals surface area contributed by atoms with Crippen molar-refractivity contribution in [1.29, 1.82) is 0 Å². The Morgan fingerprint density at radius 3 is 2.11 bits per heavy atom. The third kappa shape index (κ3) is 2.79. The molecule has 2 aromatic carbocycles. The van der Waals surface area contributed by atoms with Gasteiger partial charge in [0.25, 0.3) is 0 Å². The number of hydrogen-bond donors (Lipinski definition) is 0. The highest BCUT2D eigenvalue weighted by Gasteiger charge is 2.11. The minimum absolute atomic E-state index is 0.00878. The Labute approximate surface area is 118 Å². The first-order chi connectivity index (χ1) is 9.02. The van der Waals surface area contributed by atoms with Gasteiger partial charge in [0.05, 0.1) is 7.11 Å². The molecule has 0 aliphatic heterocycles. The quantitative estimate of drug-likeness (QED) is 0.784. The lowest BCUT2D eigenvalue weighted by Gasteiger charge is -2.08. The van der Waals surface area contributed by atoms with E-state index in [2.05, 4.69) is 0 Å². The van der Waals surface area contributed by atoms with Crippen LogP contribution >= 0.6 is 11.6 Å². The van der Waals surface area contributed by atoms with Crippen LogP contribution in [0.3, 0.4) is 0 Å². The standard InChI is InChI=1S/C16H15ClO2/c1-10-8-12(4-6-14(10)17)16(18)13-5-7-15(19-3)11(2)9-13/h4-9H,1-3H3. The molecular formula is C16H15ClO2. The molecule has 0 bridgehead atoms. The molecule has 19 heavy (non-hydrogen) atoms. The predicted molar refractivity (Wildman–Crippen MR) is 77.4 cm³/mol. The van der Waals surface area contributed by atoms with E-state index in [-0.39, 0.29) is 5.78 Å². The Bertz CT molecular complexity index is 633. The zero-order valence-electron chi connectivity index (χ0n) is 11.2. The lowest BCUT2D eigenvalue weighted by molar-refractivity contribution is 0.103. The van der Waals surface area contributed by atoms with Crippen LogP contribution in [0.5, 0.6) is 5.75 Å². The Kier molecular flexibility index (Phi) is 3.91. The molecular weight excluding hydrogens is 260 g/mol. The summed E-state index contributed by atoms with van der Waals surface area (Å²) >= 11 is 5.97. The number of ketones is 1. The van der Waals surface area contributed by atoms with Crippen molar-refractivity contribution < 1.29 is 9.53 Å². The molecule has 2 rings (SSSR count). The Balaban J connectivity index is 2.38. The largest absolute Gasteiger partial charge is 0.496 e. The number of carbonyl (C=O) groups excluding carboxylic acids is 1. The average Bonchev–Trinajstić information content (AvgIpc) is 2.41. The average molecular weight is 275 g/mol. The van der Waals surface area contributed by atoms with Crippen molar-refractivity contribution in [2.45, 2.75) is 13.8 Å². The van der Waals surface area contributed by atoms with Crippen molar-refractivity contribution in [3.63, 3.8) is 0 Å². The Morgan fingerprint density at radius 2 is 1.58 bits per heavy atom. The maximum atomic E-state index is 12.4. The molecule has 98 valence electrons. The summed E-state index contributed by atoms with van der Waals surface area (Å²) < 4.78 is 5.19. The Hall–Kier alpha value is -1.80. The van der Waals surface area contributed by atoms with E-state index in [1.807, 2.05) is 32.0 Å². The van der Waals surface area contributed by atoms with E-state index in [1.165, 1.54) is 0 Å². The SMILES string of the molecule is COc1ccc(C(=O)c2ccc(Cl)c(C)c2)cc1C. The molecule has 0 saturated carbocycles. The molecule has 3 heteroatoms. The van der Waals surface area contributed by atoms with E-state index in [1.54, 1.807) is 25.3 Å². The minimum Gasteiger partial charge on any atom is -0.496 e. The van der Waals surface area contributed by atoms with Crippen LogP contribution in [0.15, 0.2) is 36.4 Å². The summed E-state index contributed by atoms with van der Waals surface area (Å²) in [6.45, 7) is 3.81. The topological polar surface area (TPSA) is 26.3 Å². The lowest BCUT2D eigenvalue weighted by Crippen LogP contribution is -2.02. The van der Waals surface area contributed by atoms with Crippen molar-refractivity contribution >= 4 is 17.4 Å². The molecule has 0 aliphatic carbocycles.